The maximum absolute atomic E-state index is 12.3. The standard InChI is InChI=1S/C18H25ClN4O2S/c1-12(23-26(24)18(2,3)4)15-10-16(21-22-17(15)19)20-11-13-6-8-14(25-5)9-7-13/h6-10,12,23H,11H2,1-5H3,(H,20,21)/t12?,26-/m1/s1. The molecule has 0 saturated carbocycles. The van der Waals surface area contributed by atoms with E-state index in [1.807, 2.05) is 58.0 Å². The third kappa shape index (κ3) is 5.65. The number of nitrogens with zero attached hydrogens (tertiary/aromatic N) is 2. The molecule has 1 aromatic heterocycles. The topological polar surface area (TPSA) is 76.1 Å². The molecule has 0 bridgehead atoms. The Kier molecular flexibility index (Phi) is 6.97. The molecule has 0 radical (unpaired) electrons. The van der Waals surface area contributed by atoms with E-state index < -0.39 is 11.0 Å². The number of benzene rings is 1. The summed E-state index contributed by atoms with van der Waals surface area (Å²) in [5, 5.41) is 11.6. The van der Waals surface area contributed by atoms with Gasteiger partial charge in [-0.05, 0) is 51.5 Å². The fourth-order valence-electron chi connectivity index (χ4n) is 2.12. The minimum Gasteiger partial charge on any atom is -0.497 e. The fourth-order valence-corrected chi connectivity index (χ4v) is 3.18. The van der Waals surface area contributed by atoms with Crippen LogP contribution in [0.5, 0.6) is 5.75 Å². The molecule has 0 amide bonds. The molecular weight excluding hydrogens is 372 g/mol. The van der Waals surface area contributed by atoms with Gasteiger partial charge < -0.3 is 10.1 Å². The summed E-state index contributed by atoms with van der Waals surface area (Å²) in [5.74, 6) is 1.42. The highest BCUT2D eigenvalue weighted by molar-refractivity contribution is 7.84. The van der Waals surface area contributed by atoms with Crippen LogP contribution in [0.15, 0.2) is 30.3 Å². The molecule has 6 nitrogen and oxygen atoms in total. The lowest BCUT2D eigenvalue weighted by Gasteiger charge is -2.22. The number of hydrogen-bond acceptors (Lipinski definition) is 5. The van der Waals surface area contributed by atoms with Crippen molar-refractivity contribution in [2.24, 2.45) is 0 Å². The van der Waals surface area contributed by atoms with Gasteiger partial charge in [-0.15, -0.1) is 10.2 Å². The molecule has 8 heteroatoms. The molecule has 1 aromatic carbocycles. The van der Waals surface area contributed by atoms with Gasteiger partial charge in [0.2, 0.25) is 0 Å². The highest BCUT2D eigenvalue weighted by Crippen LogP contribution is 2.24. The van der Waals surface area contributed by atoms with Crippen LogP contribution in [-0.4, -0.2) is 26.3 Å². The molecule has 2 aromatic rings. The van der Waals surface area contributed by atoms with Gasteiger partial charge in [-0.1, -0.05) is 23.7 Å². The second kappa shape index (κ2) is 8.79. The third-order valence-corrected chi connectivity index (χ3v) is 5.69. The van der Waals surface area contributed by atoms with Gasteiger partial charge in [-0.3, -0.25) is 0 Å². The van der Waals surface area contributed by atoms with Crippen molar-refractivity contribution >= 4 is 28.4 Å². The molecule has 0 fully saturated rings. The molecule has 0 saturated heterocycles. The Morgan fingerprint density at radius 1 is 1.23 bits per heavy atom. The maximum Gasteiger partial charge on any atom is 0.156 e. The zero-order valence-electron chi connectivity index (χ0n) is 15.7. The number of hydrogen-bond donors (Lipinski definition) is 2. The highest BCUT2D eigenvalue weighted by atomic mass is 35.5. The van der Waals surface area contributed by atoms with E-state index in [-0.39, 0.29) is 10.8 Å². The molecule has 0 aliphatic carbocycles. The van der Waals surface area contributed by atoms with Crippen LogP contribution in [0.4, 0.5) is 5.82 Å². The van der Waals surface area contributed by atoms with Crippen LogP contribution in [0.1, 0.15) is 44.9 Å². The van der Waals surface area contributed by atoms with E-state index in [1.54, 1.807) is 7.11 Å². The van der Waals surface area contributed by atoms with Crippen LogP contribution in [0, 0.1) is 0 Å². The van der Waals surface area contributed by atoms with Crippen LogP contribution in [-0.2, 0) is 17.5 Å². The molecule has 2 rings (SSSR count). The first-order valence-electron chi connectivity index (χ1n) is 8.28. The average Bonchev–Trinajstić information content (AvgIpc) is 2.60. The average molecular weight is 397 g/mol. The Hall–Kier alpha value is -1.70. The van der Waals surface area contributed by atoms with E-state index in [4.69, 9.17) is 16.3 Å². The molecule has 2 atom stereocenters. The molecule has 1 unspecified atom stereocenters. The van der Waals surface area contributed by atoms with E-state index in [0.717, 1.165) is 16.9 Å². The second-order valence-electron chi connectivity index (χ2n) is 6.90. The normalized spacial score (nSPS) is 13.9. The lowest BCUT2D eigenvalue weighted by Crippen LogP contribution is -2.35. The molecule has 0 aliphatic rings. The Morgan fingerprint density at radius 3 is 2.46 bits per heavy atom. The number of anilines is 1. The van der Waals surface area contributed by atoms with Crippen molar-refractivity contribution in [2.45, 2.75) is 45.0 Å². The zero-order valence-corrected chi connectivity index (χ0v) is 17.2. The molecular formula is C18H25ClN4O2S. The van der Waals surface area contributed by atoms with Crippen molar-refractivity contribution in [2.75, 3.05) is 12.4 Å². The van der Waals surface area contributed by atoms with Crippen molar-refractivity contribution in [3.05, 3.63) is 46.6 Å². The van der Waals surface area contributed by atoms with Crippen molar-refractivity contribution in [3.8, 4) is 5.75 Å². The maximum atomic E-state index is 12.3. The summed E-state index contributed by atoms with van der Waals surface area (Å²) in [6, 6.07) is 9.38. The van der Waals surface area contributed by atoms with Gasteiger partial charge >= 0.3 is 0 Å². The first-order chi connectivity index (χ1) is 12.2. The first kappa shape index (κ1) is 20.6. The summed E-state index contributed by atoms with van der Waals surface area (Å²) in [7, 11) is 0.430. The summed E-state index contributed by atoms with van der Waals surface area (Å²) in [6.07, 6.45) is 0. The highest BCUT2D eigenvalue weighted by Gasteiger charge is 2.23. The monoisotopic (exact) mass is 396 g/mol. The van der Waals surface area contributed by atoms with E-state index >= 15 is 0 Å². The molecule has 2 N–H and O–H groups in total. The van der Waals surface area contributed by atoms with Crippen molar-refractivity contribution in [3.63, 3.8) is 0 Å². The van der Waals surface area contributed by atoms with Gasteiger partial charge in [-0.25, -0.2) is 8.93 Å². The zero-order chi connectivity index (χ0) is 19.3. The molecule has 0 aliphatic heterocycles. The van der Waals surface area contributed by atoms with Crippen molar-refractivity contribution < 1.29 is 8.95 Å². The Balaban J connectivity index is 2.07. The van der Waals surface area contributed by atoms with Gasteiger partial charge in [0.05, 0.1) is 22.8 Å². The fraction of sp³-hybridized carbons (Fsp3) is 0.444. The third-order valence-electron chi connectivity index (χ3n) is 3.72. The SMILES string of the molecule is COc1ccc(CNc2cc(C(C)N[S@](=O)C(C)(C)C)c(Cl)nn2)cc1. The summed E-state index contributed by atoms with van der Waals surface area (Å²) < 4.78 is 20.2. The van der Waals surface area contributed by atoms with Crippen LogP contribution in [0.2, 0.25) is 5.15 Å². The van der Waals surface area contributed by atoms with E-state index in [0.29, 0.717) is 17.5 Å². The lowest BCUT2D eigenvalue weighted by molar-refractivity contribution is 0.414. The predicted molar refractivity (Wildman–Crippen MR) is 107 cm³/mol. The number of nitrogens with one attached hydrogen (secondary N) is 2. The minimum atomic E-state index is -1.21. The largest absolute Gasteiger partial charge is 0.497 e. The second-order valence-corrected chi connectivity index (χ2v) is 9.25. The van der Waals surface area contributed by atoms with Crippen LogP contribution in [0.3, 0.4) is 0 Å². The van der Waals surface area contributed by atoms with E-state index in [2.05, 4.69) is 20.2 Å². The number of aromatic nitrogens is 2. The summed E-state index contributed by atoms with van der Waals surface area (Å²) in [5.41, 5.74) is 1.83. The van der Waals surface area contributed by atoms with E-state index in [9.17, 15) is 4.21 Å². The van der Waals surface area contributed by atoms with Crippen LogP contribution in [0.25, 0.3) is 0 Å². The smallest absolute Gasteiger partial charge is 0.156 e. The number of ether oxygens (including phenoxy) is 1. The number of rotatable bonds is 7. The first-order valence-corrected chi connectivity index (χ1v) is 9.81. The Bertz CT molecular complexity index is 763. The van der Waals surface area contributed by atoms with Crippen molar-refractivity contribution in [1.82, 2.24) is 14.9 Å². The minimum absolute atomic E-state index is 0.223. The molecule has 142 valence electrons. The van der Waals surface area contributed by atoms with Gasteiger partial charge in [0, 0.05) is 18.2 Å². The Morgan fingerprint density at radius 2 is 1.88 bits per heavy atom. The van der Waals surface area contributed by atoms with Crippen LogP contribution < -0.4 is 14.8 Å². The number of methoxy groups -OCH3 is 1. The van der Waals surface area contributed by atoms with E-state index in [1.165, 1.54) is 0 Å². The Labute approximate surface area is 162 Å². The molecule has 1 heterocycles. The lowest BCUT2D eigenvalue weighted by atomic mass is 10.1. The summed E-state index contributed by atoms with van der Waals surface area (Å²) in [4.78, 5) is 0. The van der Waals surface area contributed by atoms with Crippen molar-refractivity contribution in [1.29, 1.82) is 0 Å². The van der Waals surface area contributed by atoms with Gasteiger partial charge in [-0.2, -0.15) is 0 Å². The molecule has 0 spiro atoms. The number of halogens is 1. The van der Waals surface area contributed by atoms with Gasteiger partial charge in [0.25, 0.3) is 0 Å². The predicted octanol–water partition coefficient (Wildman–Crippen LogP) is 3.86. The molecule has 26 heavy (non-hydrogen) atoms. The summed E-state index contributed by atoms with van der Waals surface area (Å²) in [6.45, 7) is 8.24. The van der Waals surface area contributed by atoms with Gasteiger partial charge in [0.15, 0.2) is 5.15 Å². The van der Waals surface area contributed by atoms with Crippen LogP contribution >= 0.6 is 11.6 Å². The van der Waals surface area contributed by atoms with Gasteiger partial charge in [0.1, 0.15) is 11.6 Å². The quantitative estimate of drug-likeness (QED) is 0.743. The summed E-state index contributed by atoms with van der Waals surface area (Å²) >= 11 is 6.19.